The summed E-state index contributed by atoms with van der Waals surface area (Å²) < 4.78 is 18.4. The lowest BCUT2D eigenvalue weighted by molar-refractivity contribution is -0.153. The number of hydrogen-bond acceptors (Lipinski definition) is 4. The van der Waals surface area contributed by atoms with E-state index in [4.69, 9.17) is 4.74 Å². The minimum Gasteiger partial charge on any atom is -0.455 e. The van der Waals surface area contributed by atoms with Gasteiger partial charge in [-0.3, -0.25) is 14.4 Å². The van der Waals surface area contributed by atoms with E-state index in [2.05, 4.69) is 0 Å². The average Bonchev–Trinajstić information content (AvgIpc) is 2.82. The maximum Gasteiger partial charge on any atom is 0.309 e. The van der Waals surface area contributed by atoms with Crippen LogP contribution < -0.4 is 4.90 Å². The molecule has 2 aromatic carbocycles. The lowest BCUT2D eigenvalue weighted by Gasteiger charge is -2.31. The van der Waals surface area contributed by atoms with E-state index in [1.807, 2.05) is 24.3 Å². The number of nitrogens with zero attached hydrogens (tertiary/aromatic N) is 2. The Morgan fingerprint density at radius 1 is 0.968 bits per heavy atom. The van der Waals surface area contributed by atoms with Crippen molar-refractivity contribution in [2.75, 3.05) is 31.1 Å². The van der Waals surface area contributed by atoms with Crippen molar-refractivity contribution in [1.82, 2.24) is 4.90 Å². The third-order valence-electron chi connectivity index (χ3n) is 5.96. The molecule has 2 aromatic rings. The molecule has 2 aliphatic rings. The first-order valence-corrected chi connectivity index (χ1v) is 10.6. The summed E-state index contributed by atoms with van der Waals surface area (Å²) in [6, 6.07) is 13.2. The standard InChI is InChI=1S/C24H25FN2O4/c25-20-9-7-18(8-10-20)23(29)26-14-11-19(12-15-26)24(30)31-16-22(28)27-13-3-5-17-4-1-2-6-21(17)27/h1-2,4,6-10,19H,3,5,11-16H2. The third-order valence-corrected chi connectivity index (χ3v) is 5.96. The van der Waals surface area contributed by atoms with Gasteiger partial charge in [0, 0.05) is 30.9 Å². The number of likely N-dealkylation sites (tertiary alicyclic amines) is 1. The van der Waals surface area contributed by atoms with Gasteiger partial charge in [-0.05, 0) is 61.6 Å². The number of carbonyl (C=O) groups excluding carboxylic acids is 3. The molecule has 1 saturated heterocycles. The van der Waals surface area contributed by atoms with E-state index in [9.17, 15) is 18.8 Å². The molecule has 0 aliphatic carbocycles. The van der Waals surface area contributed by atoms with Gasteiger partial charge in [0.1, 0.15) is 5.82 Å². The van der Waals surface area contributed by atoms with Gasteiger partial charge in [-0.15, -0.1) is 0 Å². The van der Waals surface area contributed by atoms with Gasteiger partial charge in [0.2, 0.25) is 0 Å². The average molecular weight is 424 g/mol. The molecule has 7 heteroatoms. The van der Waals surface area contributed by atoms with Crippen LogP contribution in [0, 0.1) is 11.7 Å². The molecule has 0 radical (unpaired) electrons. The fourth-order valence-electron chi connectivity index (χ4n) is 4.21. The van der Waals surface area contributed by atoms with Crippen molar-refractivity contribution < 1.29 is 23.5 Å². The van der Waals surface area contributed by atoms with Gasteiger partial charge in [-0.2, -0.15) is 0 Å². The van der Waals surface area contributed by atoms with Crippen molar-refractivity contribution in [2.24, 2.45) is 5.92 Å². The molecule has 0 unspecified atom stereocenters. The smallest absolute Gasteiger partial charge is 0.309 e. The van der Waals surface area contributed by atoms with Crippen LogP contribution in [0.1, 0.15) is 35.2 Å². The van der Waals surface area contributed by atoms with Crippen molar-refractivity contribution in [2.45, 2.75) is 25.7 Å². The monoisotopic (exact) mass is 424 g/mol. The number of ether oxygens (including phenoxy) is 1. The summed E-state index contributed by atoms with van der Waals surface area (Å²) in [5.41, 5.74) is 2.45. The highest BCUT2D eigenvalue weighted by Gasteiger charge is 2.30. The SMILES string of the molecule is O=C(OCC(=O)N1CCCc2ccccc21)C1CCN(C(=O)c2ccc(F)cc2)CC1. The lowest BCUT2D eigenvalue weighted by Crippen LogP contribution is -2.42. The number of benzene rings is 2. The molecule has 4 rings (SSSR count). The summed E-state index contributed by atoms with van der Waals surface area (Å²) in [4.78, 5) is 41.0. The van der Waals surface area contributed by atoms with Crippen LogP contribution in [0.15, 0.2) is 48.5 Å². The second-order valence-electron chi connectivity index (χ2n) is 7.96. The zero-order valence-corrected chi connectivity index (χ0v) is 17.3. The normalized spacial score (nSPS) is 16.5. The molecule has 0 spiro atoms. The van der Waals surface area contributed by atoms with Crippen LogP contribution in [0.25, 0.3) is 0 Å². The van der Waals surface area contributed by atoms with Gasteiger partial charge in [0.05, 0.1) is 5.92 Å². The van der Waals surface area contributed by atoms with Crippen molar-refractivity contribution in [1.29, 1.82) is 0 Å². The van der Waals surface area contributed by atoms with E-state index in [0.29, 0.717) is 38.0 Å². The van der Waals surface area contributed by atoms with Crippen molar-refractivity contribution in [3.8, 4) is 0 Å². The van der Waals surface area contributed by atoms with Crippen molar-refractivity contribution in [3.63, 3.8) is 0 Å². The Kier molecular flexibility index (Phi) is 6.30. The number of halogens is 1. The molecule has 0 saturated carbocycles. The van der Waals surface area contributed by atoms with Gasteiger partial charge >= 0.3 is 5.97 Å². The second-order valence-corrected chi connectivity index (χ2v) is 7.96. The fraction of sp³-hybridized carbons (Fsp3) is 0.375. The molecule has 162 valence electrons. The molecule has 2 aliphatic heterocycles. The highest BCUT2D eigenvalue weighted by Crippen LogP contribution is 2.27. The number of carbonyl (C=O) groups is 3. The number of esters is 1. The fourth-order valence-corrected chi connectivity index (χ4v) is 4.21. The Balaban J connectivity index is 1.26. The molecule has 2 amide bonds. The van der Waals surface area contributed by atoms with Crippen LogP contribution in [0.3, 0.4) is 0 Å². The van der Waals surface area contributed by atoms with E-state index >= 15 is 0 Å². The highest BCUT2D eigenvalue weighted by molar-refractivity contribution is 5.96. The first kappa shape index (κ1) is 21.0. The van der Waals surface area contributed by atoms with Crippen LogP contribution in [0.2, 0.25) is 0 Å². The number of piperidine rings is 1. The summed E-state index contributed by atoms with van der Waals surface area (Å²) in [6.45, 7) is 1.19. The third kappa shape index (κ3) is 4.76. The van der Waals surface area contributed by atoms with Gasteiger partial charge < -0.3 is 14.5 Å². The first-order chi connectivity index (χ1) is 15.0. The number of amides is 2. The summed E-state index contributed by atoms with van der Waals surface area (Å²) in [7, 11) is 0. The molecule has 6 nitrogen and oxygen atoms in total. The van der Waals surface area contributed by atoms with Crippen molar-refractivity contribution in [3.05, 3.63) is 65.5 Å². The number of anilines is 1. The predicted molar refractivity (Wildman–Crippen MR) is 113 cm³/mol. The maximum atomic E-state index is 13.1. The maximum absolute atomic E-state index is 13.1. The topological polar surface area (TPSA) is 66.9 Å². The van der Waals surface area contributed by atoms with Gasteiger partial charge in [0.15, 0.2) is 6.61 Å². The summed E-state index contributed by atoms with van der Waals surface area (Å²) in [5, 5.41) is 0. The Morgan fingerprint density at radius 3 is 2.42 bits per heavy atom. The number of fused-ring (bicyclic) bond motifs is 1. The zero-order valence-electron chi connectivity index (χ0n) is 17.3. The van der Waals surface area contributed by atoms with E-state index in [-0.39, 0.29) is 30.2 Å². The highest BCUT2D eigenvalue weighted by atomic mass is 19.1. The molecule has 0 aromatic heterocycles. The van der Waals surface area contributed by atoms with Gasteiger partial charge in [-0.25, -0.2) is 4.39 Å². The summed E-state index contributed by atoms with van der Waals surface area (Å²) in [5.74, 6) is -1.51. The van der Waals surface area contributed by atoms with Crippen LogP contribution in [-0.2, 0) is 20.7 Å². The van der Waals surface area contributed by atoms with E-state index < -0.39 is 5.97 Å². The zero-order chi connectivity index (χ0) is 21.8. The van der Waals surface area contributed by atoms with E-state index in [1.54, 1.807) is 9.80 Å². The quantitative estimate of drug-likeness (QED) is 0.707. The molecule has 2 heterocycles. The molecular weight excluding hydrogens is 399 g/mol. The molecule has 1 fully saturated rings. The lowest BCUT2D eigenvalue weighted by atomic mass is 9.96. The van der Waals surface area contributed by atoms with Gasteiger partial charge in [-0.1, -0.05) is 18.2 Å². The molecule has 0 N–H and O–H groups in total. The van der Waals surface area contributed by atoms with Crippen LogP contribution in [-0.4, -0.2) is 48.9 Å². The molecule has 0 atom stereocenters. The summed E-state index contributed by atoms with van der Waals surface area (Å²) in [6.07, 6.45) is 2.78. The molecular formula is C24H25FN2O4. The van der Waals surface area contributed by atoms with Crippen LogP contribution in [0.4, 0.5) is 10.1 Å². The van der Waals surface area contributed by atoms with E-state index in [0.717, 1.165) is 24.1 Å². The van der Waals surface area contributed by atoms with Crippen molar-refractivity contribution >= 4 is 23.5 Å². The van der Waals surface area contributed by atoms with Crippen LogP contribution >= 0.6 is 0 Å². The largest absolute Gasteiger partial charge is 0.455 e. The Labute approximate surface area is 180 Å². The number of rotatable bonds is 4. The molecule has 31 heavy (non-hydrogen) atoms. The van der Waals surface area contributed by atoms with E-state index in [1.165, 1.54) is 24.3 Å². The second kappa shape index (κ2) is 9.29. The minimum absolute atomic E-state index is 0.175. The number of hydrogen-bond donors (Lipinski definition) is 0. The minimum atomic E-state index is -0.396. The van der Waals surface area contributed by atoms with Gasteiger partial charge in [0.25, 0.3) is 11.8 Å². The Hall–Kier alpha value is -3.22. The number of aryl methyl sites for hydroxylation is 1. The first-order valence-electron chi connectivity index (χ1n) is 10.6. The summed E-state index contributed by atoms with van der Waals surface area (Å²) >= 11 is 0. The number of para-hydroxylation sites is 1. The molecule has 0 bridgehead atoms. The van der Waals surface area contributed by atoms with Crippen LogP contribution in [0.5, 0.6) is 0 Å². The predicted octanol–water partition coefficient (Wildman–Crippen LogP) is 3.20. The Morgan fingerprint density at radius 2 is 1.68 bits per heavy atom. The Bertz CT molecular complexity index is 968.